The zero-order chi connectivity index (χ0) is 25.1. The van der Waals surface area contributed by atoms with Crippen molar-refractivity contribution in [1.29, 1.82) is 0 Å². The highest BCUT2D eigenvalue weighted by Crippen LogP contribution is 2.56. The van der Waals surface area contributed by atoms with Crippen LogP contribution in [0.5, 0.6) is 5.75 Å². The summed E-state index contributed by atoms with van der Waals surface area (Å²) >= 11 is 0. The molecule has 3 N–H and O–H groups in total. The molecule has 0 spiro atoms. The van der Waals surface area contributed by atoms with Crippen LogP contribution in [0, 0.1) is 5.82 Å². The van der Waals surface area contributed by atoms with Gasteiger partial charge in [0.1, 0.15) is 5.69 Å². The molecule has 0 radical (unpaired) electrons. The van der Waals surface area contributed by atoms with Crippen LogP contribution in [0.2, 0.25) is 0 Å². The van der Waals surface area contributed by atoms with Crippen molar-refractivity contribution in [1.82, 2.24) is 4.98 Å². The SMILES string of the molecule is COc1c(F)ccc2c1C(C)(C)CC(O)(C(F)(F)F)C2Nc1cccc2nc(C(=O)O)ccc12. The maximum Gasteiger partial charge on any atom is 0.419 e. The molecule has 2 unspecified atom stereocenters. The predicted octanol–water partition coefficient (Wildman–Crippen LogP) is 5.21. The van der Waals surface area contributed by atoms with Crippen LogP contribution in [0.25, 0.3) is 10.9 Å². The van der Waals surface area contributed by atoms with Gasteiger partial charge in [-0.05, 0) is 47.7 Å². The molecule has 2 atom stereocenters. The molecule has 4 rings (SSSR count). The van der Waals surface area contributed by atoms with Gasteiger partial charge in [-0.15, -0.1) is 0 Å². The predicted molar refractivity (Wildman–Crippen MR) is 117 cm³/mol. The Morgan fingerprint density at radius 1 is 1.18 bits per heavy atom. The molecule has 0 aliphatic heterocycles. The molecule has 0 saturated heterocycles. The summed E-state index contributed by atoms with van der Waals surface area (Å²) in [7, 11) is 1.23. The minimum absolute atomic E-state index is 0.0430. The summed E-state index contributed by atoms with van der Waals surface area (Å²) in [5.41, 5.74) is -3.99. The second kappa shape index (κ2) is 7.83. The van der Waals surface area contributed by atoms with Gasteiger partial charge in [0.05, 0.1) is 18.7 Å². The molecule has 1 aromatic heterocycles. The number of aromatic carboxylic acids is 1. The number of hydrogen-bond donors (Lipinski definition) is 3. The number of rotatable bonds is 4. The fourth-order valence-corrected chi connectivity index (χ4v) is 4.85. The fraction of sp³-hybridized carbons (Fsp3) is 0.333. The third-order valence-corrected chi connectivity index (χ3v) is 6.26. The number of anilines is 1. The van der Waals surface area contributed by atoms with Gasteiger partial charge in [-0.25, -0.2) is 14.2 Å². The Kier molecular flexibility index (Phi) is 5.47. The Hall–Kier alpha value is -3.40. The van der Waals surface area contributed by atoms with Crippen LogP contribution in [-0.4, -0.2) is 40.1 Å². The highest BCUT2D eigenvalue weighted by molar-refractivity contribution is 5.95. The van der Waals surface area contributed by atoms with E-state index in [2.05, 4.69) is 10.3 Å². The zero-order valence-electron chi connectivity index (χ0n) is 18.5. The summed E-state index contributed by atoms with van der Waals surface area (Å²) in [6, 6.07) is 7.72. The highest BCUT2D eigenvalue weighted by atomic mass is 19.4. The van der Waals surface area contributed by atoms with Gasteiger partial charge in [0.25, 0.3) is 0 Å². The maximum atomic E-state index is 14.5. The summed E-state index contributed by atoms with van der Waals surface area (Å²) < 4.78 is 62.8. The van der Waals surface area contributed by atoms with Crippen molar-refractivity contribution < 1.29 is 37.3 Å². The van der Waals surface area contributed by atoms with Gasteiger partial charge in [-0.1, -0.05) is 26.0 Å². The van der Waals surface area contributed by atoms with E-state index < -0.39 is 41.4 Å². The number of nitrogens with one attached hydrogen (secondary N) is 1. The van der Waals surface area contributed by atoms with E-state index in [0.29, 0.717) is 5.39 Å². The van der Waals surface area contributed by atoms with Crippen LogP contribution in [0.4, 0.5) is 23.2 Å². The molecule has 180 valence electrons. The lowest BCUT2D eigenvalue weighted by Crippen LogP contribution is -2.58. The molecule has 0 fully saturated rings. The number of nitrogens with zero attached hydrogens (tertiary/aromatic N) is 1. The minimum Gasteiger partial charge on any atom is -0.493 e. The topological polar surface area (TPSA) is 91.7 Å². The average molecular weight is 478 g/mol. The van der Waals surface area contributed by atoms with E-state index in [9.17, 15) is 32.6 Å². The van der Waals surface area contributed by atoms with Crippen molar-refractivity contribution in [2.75, 3.05) is 12.4 Å². The lowest BCUT2D eigenvalue weighted by atomic mass is 9.63. The lowest BCUT2D eigenvalue weighted by Gasteiger charge is -2.49. The Morgan fingerprint density at radius 3 is 2.50 bits per heavy atom. The number of carbonyl (C=O) groups is 1. The number of carboxylic acid groups (broad SMARTS) is 1. The number of benzene rings is 2. The lowest BCUT2D eigenvalue weighted by molar-refractivity contribution is -0.275. The van der Waals surface area contributed by atoms with Crippen LogP contribution < -0.4 is 10.1 Å². The van der Waals surface area contributed by atoms with Gasteiger partial charge in [-0.3, -0.25) is 0 Å². The van der Waals surface area contributed by atoms with E-state index >= 15 is 0 Å². The highest BCUT2D eigenvalue weighted by Gasteiger charge is 2.64. The van der Waals surface area contributed by atoms with Crippen LogP contribution in [0.3, 0.4) is 0 Å². The van der Waals surface area contributed by atoms with Crippen molar-refractivity contribution in [3.8, 4) is 5.75 Å². The largest absolute Gasteiger partial charge is 0.493 e. The zero-order valence-corrected chi connectivity index (χ0v) is 18.5. The second-order valence-electron chi connectivity index (χ2n) is 8.98. The molecule has 0 saturated carbocycles. The summed E-state index contributed by atoms with van der Waals surface area (Å²) in [6.07, 6.45) is -5.78. The van der Waals surface area contributed by atoms with Crippen LogP contribution >= 0.6 is 0 Å². The molecule has 0 bridgehead atoms. The third-order valence-electron chi connectivity index (χ3n) is 6.26. The fourth-order valence-electron chi connectivity index (χ4n) is 4.85. The van der Waals surface area contributed by atoms with Crippen molar-refractivity contribution in [3.63, 3.8) is 0 Å². The number of halogens is 4. The first-order valence-electron chi connectivity index (χ1n) is 10.4. The van der Waals surface area contributed by atoms with Crippen molar-refractivity contribution in [2.45, 2.75) is 43.5 Å². The number of hydrogen-bond acceptors (Lipinski definition) is 5. The summed E-state index contributed by atoms with van der Waals surface area (Å²) in [6.45, 7) is 2.99. The number of carboxylic acids is 1. The quantitative estimate of drug-likeness (QED) is 0.446. The van der Waals surface area contributed by atoms with Gasteiger partial charge >= 0.3 is 12.1 Å². The summed E-state index contributed by atoms with van der Waals surface area (Å²) in [5, 5.41) is 23.5. The molecule has 0 amide bonds. The molecular weight excluding hydrogens is 456 g/mol. The number of aliphatic hydroxyl groups is 1. The van der Waals surface area contributed by atoms with Gasteiger partial charge < -0.3 is 20.3 Å². The minimum atomic E-state index is -5.03. The Labute approximate surface area is 192 Å². The second-order valence-corrected chi connectivity index (χ2v) is 8.98. The molecule has 1 heterocycles. The number of pyridine rings is 1. The third kappa shape index (κ3) is 3.62. The van der Waals surface area contributed by atoms with Crippen LogP contribution in [0.1, 0.15) is 47.9 Å². The van der Waals surface area contributed by atoms with Crippen LogP contribution in [0.15, 0.2) is 42.5 Å². The van der Waals surface area contributed by atoms with Gasteiger partial charge in [0, 0.05) is 16.6 Å². The number of methoxy groups -OCH3 is 1. The van der Waals surface area contributed by atoms with Gasteiger partial charge in [0.15, 0.2) is 17.2 Å². The Morgan fingerprint density at radius 2 is 1.88 bits per heavy atom. The van der Waals surface area contributed by atoms with E-state index in [4.69, 9.17) is 4.74 Å². The van der Waals surface area contributed by atoms with Crippen molar-refractivity contribution in [2.24, 2.45) is 0 Å². The van der Waals surface area contributed by atoms with Crippen molar-refractivity contribution in [3.05, 3.63) is 65.1 Å². The molecule has 3 aromatic rings. The first-order valence-corrected chi connectivity index (χ1v) is 10.4. The maximum absolute atomic E-state index is 14.5. The van der Waals surface area contributed by atoms with E-state index in [-0.39, 0.29) is 33.8 Å². The van der Waals surface area contributed by atoms with Crippen molar-refractivity contribution >= 4 is 22.6 Å². The monoisotopic (exact) mass is 478 g/mol. The number of fused-ring (bicyclic) bond motifs is 2. The first kappa shape index (κ1) is 23.7. The van der Waals surface area contributed by atoms with E-state index in [1.165, 1.54) is 57.4 Å². The number of ether oxygens (including phenoxy) is 1. The molecule has 1 aliphatic rings. The smallest absolute Gasteiger partial charge is 0.419 e. The van der Waals surface area contributed by atoms with E-state index in [0.717, 1.165) is 6.07 Å². The van der Waals surface area contributed by atoms with E-state index in [1.807, 2.05) is 0 Å². The summed E-state index contributed by atoms with van der Waals surface area (Å²) in [5.74, 6) is -2.14. The Balaban J connectivity index is 1.94. The molecule has 1 aliphatic carbocycles. The van der Waals surface area contributed by atoms with Gasteiger partial charge in [-0.2, -0.15) is 13.2 Å². The molecule has 10 heteroatoms. The van der Waals surface area contributed by atoms with E-state index in [1.54, 1.807) is 0 Å². The number of alkyl halides is 3. The first-order chi connectivity index (χ1) is 15.8. The average Bonchev–Trinajstić information content (AvgIpc) is 2.75. The van der Waals surface area contributed by atoms with Crippen LogP contribution in [-0.2, 0) is 5.41 Å². The molecular formula is C24H22F4N2O4. The summed E-state index contributed by atoms with van der Waals surface area (Å²) in [4.78, 5) is 15.3. The molecule has 34 heavy (non-hydrogen) atoms. The molecule has 2 aromatic carbocycles. The standard InChI is InChI=1S/C24H22F4N2O4/c1-22(2)11-23(33,24(26,27)28)20(13-7-9-14(25)19(34-3)18(13)22)30-16-6-4-5-15-12(16)8-10-17(29-15)21(31)32/h4-10,20,30,33H,11H2,1-3H3,(H,31,32). The Bertz CT molecular complexity index is 1290. The number of aromatic nitrogens is 1. The normalized spacial score (nSPS) is 21.7. The molecule has 6 nitrogen and oxygen atoms in total. The van der Waals surface area contributed by atoms with Gasteiger partial charge in [0.2, 0.25) is 0 Å².